The molecule has 0 aliphatic carbocycles. The molecule has 1 heterocycles. The molecule has 3 rings (SSSR count). The number of ether oxygens (including phenoxy) is 1. The number of nitrogens with one attached hydrogen (secondary N) is 3. The number of thioether (sulfide) groups is 1. The van der Waals surface area contributed by atoms with Gasteiger partial charge in [0.15, 0.2) is 0 Å². The Labute approximate surface area is 168 Å². The van der Waals surface area contributed by atoms with Crippen molar-refractivity contribution in [3.8, 4) is 0 Å². The molecule has 1 saturated heterocycles. The maximum atomic E-state index is 7.25. The van der Waals surface area contributed by atoms with Gasteiger partial charge in [0.05, 0.1) is 6.34 Å². The van der Waals surface area contributed by atoms with Gasteiger partial charge in [0.2, 0.25) is 0 Å². The summed E-state index contributed by atoms with van der Waals surface area (Å²) in [6.45, 7) is 2.55. The van der Waals surface area contributed by atoms with Gasteiger partial charge in [-0.15, -0.1) is 11.8 Å². The van der Waals surface area contributed by atoms with Crippen LogP contribution in [0, 0.1) is 12.3 Å². The monoisotopic (exact) mass is 409 g/mol. The number of halogens is 2. The number of hydrogen-bond acceptors (Lipinski definition) is 4. The summed E-state index contributed by atoms with van der Waals surface area (Å²) < 4.78 is 6.23. The van der Waals surface area contributed by atoms with Gasteiger partial charge in [-0.05, 0) is 30.9 Å². The van der Waals surface area contributed by atoms with Crippen molar-refractivity contribution in [1.29, 1.82) is 5.41 Å². The summed E-state index contributed by atoms with van der Waals surface area (Å²) in [5, 5.41) is 15.0. The van der Waals surface area contributed by atoms with E-state index in [0.29, 0.717) is 16.6 Å². The topological polar surface area (TPSA) is 60.4 Å². The number of epoxide rings is 1. The van der Waals surface area contributed by atoms with E-state index in [1.165, 1.54) is 6.34 Å². The van der Waals surface area contributed by atoms with Crippen LogP contribution in [0.15, 0.2) is 42.5 Å². The van der Waals surface area contributed by atoms with Crippen molar-refractivity contribution < 1.29 is 4.74 Å². The Morgan fingerprint density at radius 2 is 2.04 bits per heavy atom. The molecule has 2 aromatic rings. The molecule has 138 valence electrons. The second kappa shape index (κ2) is 8.19. The van der Waals surface area contributed by atoms with Crippen LogP contribution in [0.1, 0.15) is 22.8 Å². The van der Waals surface area contributed by atoms with Gasteiger partial charge in [0.25, 0.3) is 0 Å². The summed E-state index contributed by atoms with van der Waals surface area (Å²) in [5.74, 6) is 0. The van der Waals surface area contributed by atoms with E-state index in [9.17, 15) is 0 Å². The molecule has 1 unspecified atom stereocenters. The van der Waals surface area contributed by atoms with Gasteiger partial charge < -0.3 is 10.1 Å². The molecule has 0 saturated carbocycles. The summed E-state index contributed by atoms with van der Waals surface area (Å²) in [7, 11) is 0. The molecule has 3 atom stereocenters. The standard InChI is InChI=1S/C19H21Cl2N3OS/c1-12-7-8-13(16(21)9-12)17-19(25-17,10-23-18(26-2)24-11-22)14-5-3-4-6-15(14)20/h3-9,11,17-18,23H,10H2,1-2H3,(H2,22,24)/t17-,18?,19-/m1/s1. The quantitative estimate of drug-likeness (QED) is 0.256. The van der Waals surface area contributed by atoms with E-state index in [4.69, 9.17) is 33.3 Å². The van der Waals surface area contributed by atoms with Crippen molar-refractivity contribution in [3.05, 3.63) is 69.2 Å². The van der Waals surface area contributed by atoms with Crippen LogP contribution in [0.3, 0.4) is 0 Å². The van der Waals surface area contributed by atoms with Gasteiger partial charge in [-0.1, -0.05) is 53.5 Å². The minimum absolute atomic E-state index is 0.0924. The van der Waals surface area contributed by atoms with E-state index < -0.39 is 5.60 Å². The maximum Gasteiger partial charge on any atom is 0.138 e. The summed E-state index contributed by atoms with van der Waals surface area (Å²) in [4.78, 5) is 0. The Hall–Kier alpha value is -1.24. The molecule has 0 bridgehead atoms. The van der Waals surface area contributed by atoms with Crippen molar-refractivity contribution >= 4 is 41.3 Å². The highest BCUT2D eigenvalue weighted by molar-refractivity contribution is 7.99. The summed E-state index contributed by atoms with van der Waals surface area (Å²) in [6.07, 6.45) is 2.97. The van der Waals surface area contributed by atoms with Crippen LogP contribution in [0.2, 0.25) is 10.0 Å². The lowest BCUT2D eigenvalue weighted by Crippen LogP contribution is -2.43. The highest BCUT2D eigenvalue weighted by Gasteiger charge is 2.59. The highest BCUT2D eigenvalue weighted by Crippen LogP contribution is 2.59. The molecule has 3 N–H and O–H groups in total. The van der Waals surface area contributed by atoms with Crippen molar-refractivity contribution in [1.82, 2.24) is 10.6 Å². The molecule has 7 heteroatoms. The van der Waals surface area contributed by atoms with E-state index in [0.717, 1.165) is 16.7 Å². The summed E-state index contributed by atoms with van der Waals surface area (Å²) in [5.41, 5.74) is 2.32. The normalized spacial score (nSPS) is 22.7. The van der Waals surface area contributed by atoms with Crippen LogP contribution in [0.25, 0.3) is 0 Å². The molecule has 2 aromatic carbocycles. The fourth-order valence-corrected chi connectivity index (χ4v) is 4.19. The van der Waals surface area contributed by atoms with Crippen molar-refractivity contribution in [2.45, 2.75) is 24.1 Å². The number of aryl methyl sites for hydroxylation is 1. The molecule has 0 amide bonds. The molecule has 1 fully saturated rings. The van der Waals surface area contributed by atoms with Crippen molar-refractivity contribution in [2.24, 2.45) is 0 Å². The van der Waals surface area contributed by atoms with E-state index in [-0.39, 0.29) is 11.6 Å². The first-order valence-electron chi connectivity index (χ1n) is 8.22. The van der Waals surface area contributed by atoms with Crippen LogP contribution in [-0.2, 0) is 10.3 Å². The number of hydrogen-bond donors (Lipinski definition) is 3. The Kier molecular flexibility index (Phi) is 6.15. The zero-order chi connectivity index (χ0) is 18.7. The van der Waals surface area contributed by atoms with Gasteiger partial charge in [0.1, 0.15) is 17.2 Å². The SMILES string of the molecule is CSC(NC=N)NC[C@]1(c2ccccc2Cl)O[C@@H]1c1ccc(C)cc1Cl. The predicted octanol–water partition coefficient (Wildman–Crippen LogP) is 4.70. The van der Waals surface area contributed by atoms with Crippen molar-refractivity contribution in [2.75, 3.05) is 12.8 Å². The van der Waals surface area contributed by atoms with E-state index >= 15 is 0 Å². The second-order valence-corrected chi connectivity index (χ2v) is 7.96. The molecule has 0 radical (unpaired) electrons. The van der Waals surface area contributed by atoms with Crippen LogP contribution < -0.4 is 10.6 Å². The second-order valence-electron chi connectivity index (χ2n) is 6.20. The van der Waals surface area contributed by atoms with Gasteiger partial charge in [-0.25, -0.2) is 0 Å². The van der Waals surface area contributed by atoms with Gasteiger partial charge in [-0.2, -0.15) is 0 Å². The zero-order valence-electron chi connectivity index (χ0n) is 14.6. The first kappa shape index (κ1) is 19.5. The molecule has 1 aliphatic heterocycles. The highest BCUT2D eigenvalue weighted by atomic mass is 35.5. The number of benzene rings is 2. The lowest BCUT2D eigenvalue weighted by molar-refractivity contribution is 0.285. The fraction of sp³-hybridized carbons (Fsp3) is 0.316. The van der Waals surface area contributed by atoms with Crippen LogP contribution >= 0.6 is 35.0 Å². The largest absolute Gasteiger partial charge is 0.354 e. The Morgan fingerprint density at radius 1 is 1.27 bits per heavy atom. The molecule has 1 aliphatic rings. The smallest absolute Gasteiger partial charge is 0.138 e. The molecular formula is C19H21Cl2N3OS. The van der Waals surface area contributed by atoms with E-state index in [1.54, 1.807) is 11.8 Å². The summed E-state index contributed by atoms with van der Waals surface area (Å²) >= 11 is 14.5. The Balaban J connectivity index is 1.92. The average Bonchev–Trinajstić information content (AvgIpc) is 3.34. The lowest BCUT2D eigenvalue weighted by atomic mass is 9.91. The Bertz CT molecular complexity index is 804. The van der Waals surface area contributed by atoms with Crippen molar-refractivity contribution in [3.63, 3.8) is 0 Å². The molecule has 4 nitrogen and oxygen atoms in total. The van der Waals surface area contributed by atoms with Gasteiger partial charge >= 0.3 is 0 Å². The molecule has 26 heavy (non-hydrogen) atoms. The summed E-state index contributed by atoms with van der Waals surface area (Å²) in [6, 6.07) is 13.7. The lowest BCUT2D eigenvalue weighted by Gasteiger charge is -2.21. The van der Waals surface area contributed by atoms with Crippen LogP contribution in [0.4, 0.5) is 0 Å². The van der Waals surface area contributed by atoms with Crippen LogP contribution in [-0.4, -0.2) is 24.6 Å². The number of rotatable bonds is 8. The minimum atomic E-state index is -0.588. The zero-order valence-corrected chi connectivity index (χ0v) is 16.9. The van der Waals surface area contributed by atoms with E-state index in [2.05, 4.69) is 10.6 Å². The molecular weight excluding hydrogens is 389 g/mol. The van der Waals surface area contributed by atoms with Gasteiger partial charge in [-0.3, -0.25) is 10.7 Å². The van der Waals surface area contributed by atoms with E-state index in [1.807, 2.05) is 55.6 Å². The van der Waals surface area contributed by atoms with Crippen LogP contribution in [0.5, 0.6) is 0 Å². The maximum absolute atomic E-state index is 7.25. The first-order chi connectivity index (χ1) is 12.5. The Morgan fingerprint density at radius 3 is 2.69 bits per heavy atom. The average molecular weight is 410 g/mol. The third kappa shape index (κ3) is 3.87. The predicted molar refractivity (Wildman–Crippen MR) is 110 cm³/mol. The first-order valence-corrected chi connectivity index (χ1v) is 10.3. The fourth-order valence-electron chi connectivity index (χ4n) is 3.10. The van der Waals surface area contributed by atoms with Gasteiger partial charge in [0, 0.05) is 27.7 Å². The minimum Gasteiger partial charge on any atom is -0.354 e. The third-order valence-electron chi connectivity index (χ3n) is 4.48. The third-order valence-corrected chi connectivity index (χ3v) is 5.91. The molecule has 0 aromatic heterocycles. The molecule has 0 spiro atoms.